The molecule has 0 saturated carbocycles. The largest absolute Gasteiger partial charge is 0.482 e. The molecule has 1 N–H and O–H groups in total. The summed E-state index contributed by atoms with van der Waals surface area (Å²) in [4.78, 5) is 26.0. The normalized spacial score (nSPS) is 23.1. The molecule has 2 amide bonds. The van der Waals surface area contributed by atoms with Gasteiger partial charge in [0, 0.05) is 36.4 Å². The van der Waals surface area contributed by atoms with Crippen LogP contribution < -0.4 is 10.1 Å². The molecule has 0 spiro atoms. The van der Waals surface area contributed by atoms with Crippen LogP contribution in [0.25, 0.3) is 0 Å². The zero-order valence-corrected chi connectivity index (χ0v) is 17.9. The third-order valence-corrected chi connectivity index (χ3v) is 9.14. The maximum Gasteiger partial charge on any atom is 0.262 e. The molecule has 0 radical (unpaired) electrons. The van der Waals surface area contributed by atoms with E-state index in [0.717, 1.165) is 11.5 Å². The molecular weight excluding hydrogens is 446 g/mol. The van der Waals surface area contributed by atoms with Crippen LogP contribution in [0.1, 0.15) is 0 Å². The summed E-state index contributed by atoms with van der Waals surface area (Å²) in [6.07, 6.45) is 0. The van der Waals surface area contributed by atoms with E-state index >= 15 is 0 Å². The minimum Gasteiger partial charge on any atom is -0.482 e. The summed E-state index contributed by atoms with van der Waals surface area (Å²) in [5, 5.41) is 2.57. The number of nitrogens with zero attached hydrogens (tertiary/aromatic N) is 2. The van der Waals surface area contributed by atoms with Gasteiger partial charge in [-0.25, -0.2) is 8.42 Å². The van der Waals surface area contributed by atoms with E-state index in [1.54, 1.807) is 16.7 Å². The lowest BCUT2D eigenvalue weighted by Crippen LogP contribution is -2.51. The number of amides is 2. The smallest absolute Gasteiger partial charge is 0.262 e. The van der Waals surface area contributed by atoms with Gasteiger partial charge in [-0.15, -0.1) is 11.8 Å². The Morgan fingerprint density at radius 1 is 1.25 bits per heavy atom. The van der Waals surface area contributed by atoms with Gasteiger partial charge in [0.25, 0.3) is 5.91 Å². The summed E-state index contributed by atoms with van der Waals surface area (Å²) in [7, 11) is -4.01. The van der Waals surface area contributed by atoms with Crippen LogP contribution >= 0.6 is 35.1 Å². The molecule has 2 saturated heterocycles. The Labute approximate surface area is 176 Å². The van der Waals surface area contributed by atoms with Crippen LogP contribution in [0.5, 0.6) is 5.75 Å². The molecule has 12 heteroatoms. The van der Waals surface area contributed by atoms with Crippen molar-refractivity contribution in [3.05, 3.63) is 17.2 Å². The van der Waals surface area contributed by atoms with Crippen molar-refractivity contribution in [3.8, 4) is 5.75 Å². The Balaban J connectivity index is 1.64. The van der Waals surface area contributed by atoms with Crippen molar-refractivity contribution < 1.29 is 22.7 Å². The van der Waals surface area contributed by atoms with Crippen LogP contribution in [0.15, 0.2) is 17.0 Å². The minimum absolute atomic E-state index is 0.0259. The predicted molar refractivity (Wildman–Crippen MR) is 110 cm³/mol. The van der Waals surface area contributed by atoms with Crippen molar-refractivity contribution in [2.75, 3.05) is 48.1 Å². The van der Waals surface area contributed by atoms with Crippen molar-refractivity contribution in [2.24, 2.45) is 0 Å². The quantitative estimate of drug-likeness (QED) is 0.721. The average Bonchev–Trinajstić information content (AvgIpc) is 3.18. The minimum atomic E-state index is -4.01. The van der Waals surface area contributed by atoms with Crippen molar-refractivity contribution in [1.29, 1.82) is 0 Å². The number of halogens is 1. The fraction of sp³-hybridized carbons (Fsp3) is 0.500. The van der Waals surface area contributed by atoms with Gasteiger partial charge in [0.1, 0.15) is 16.7 Å². The van der Waals surface area contributed by atoms with Crippen molar-refractivity contribution in [1.82, 2.24) is 9.21 Å². The van der Waals surface area contributed by atoms with Gasteiger partial charge in [-0.3, -0.25) is 9.59 Å². The van der Waals surface area contributed by atoms with Crippen LogP contribution in [0.4, 0.5) is 5.69 Å². The first-order valence-corrected chi connectivity index (χ1v) is 12.7. The molecule has 152 valence electrons. The summed E-state index contributed by atoms with van der Waals surface area (Å²) >= 11 is 9.42. The topological polar surface area (TPSA) is 96.0 Å². The Kier molecular flexibility index (Phi) is 5.71. The molecule has 4 rings (SSSR count). The van der Waals surface area contributed by atoms with E-state index in [2.05, 4.69) is 5.32 Å². The summed E-state index contributed by atoms with van der Waals surface area (Å²) in [6.45, 7) is 1.07. The number of thioether (sulfide) groups is 2. The molecule has 3 aliphatic rings. The third kappa shape index (κ3) is 3.70. The molecule has 1 aromatic rings. The summed E-state index contributed by atoms with van der Waals surface area (Å²) < 4.78 is 33.2. The zero-order chi connectivity index (χ0) is 19.9. The molecule has 3 heterocycles. The first-order valence-electron chi connectivity index (χ1n) is 8.60. The lowest BCUT2D eigenvalue weighted by atomic mass is 10.2. The van der Waals surface area contributed by atoms with Gasteiger partial charge in [0.2, 0.25) is 15.9 Å². The molecule has 0 unspecified atom stereocenters. The second-order valence-corrected chi connectivity index (χ2v) is 11.0. The van der Waals surface area contributed by atoms with E-state index in [1.807, 2.05) is 0 Å². The molecule has 3 aliphatic heterocycles. The van der Waals surface area contributed by atoms with Crippen molar-refractivity contribution >= 4 is 62.6 Å². The van der Waals surface area contributed by atoms with Gasteiger partial charge in [-0.05, 0) is 6.07 Å². The van der Waals surface area contributed by atoms with Gasteiger partial charge < -0.3 is 15.0 Å². The lowest BCUT2D eigenvalue weighted by Gasteiger charge is -2.31. The second kappa shape index (κ2) is 7.94. The number of rotatable bonds is 3. The number of anilines is 1. The molecule has 1 aromatic carbocycles. The van der Waals surface area contributed by atoms with Gasteiger partial charge in [-0.2, -0.15) is 16.1 Å². The number of hydrogen-bond donors (Lipinski definition) is 1. The highest BCUT2D eigenvalue weighted by molar-refractivity contribution is 8.00. The third-order valence-electron chi connectivity index (χ3n) is 4.70. The van der Waals surface area contributed by atoms with Gasteiger partial charge in [0.05, 0.1) is 16.6 Å². The molecule has 2 fully saturated rings. The molecule has 8 nitrogen and oxygen atoms in total. The highest BCUT2D eigenvalue weighted by atomic mass is 35.5. The van der Waals surface area contributed by atoms with E-state index in [-0.39, 0.29) is 40.0 Å². The number of sulfonamides is 1. The number of nitrogens with one attached hydrogen (secondary N) is 1. The van der Waals surface area contributed by atoms with E-state index in [0.29, 0.717) is 24.5 Å². The first-order chi connectivity index (χ1) is 13.4. The van der Waals surface area contributed by atoms with Crippen molar-refractivity contribution in [2.45, 2.75) is 10.9 Å². The van der Waals surface area contributed by atoms with Crippen LogP contribution in [-0.2, 0) is 19.6 Å². The van der Waals surface area contributed by atoms with Gasteiger partial charge in [0.15, 0.2) is 6.61 Å². The summed E-state index contributed by atoms with van der Waals surface area (Å²) in [5.41, 5.74) is 0.328. The van der Waals surface area contributed by atoms with Crippen molar-refractivity contribution in [3.63, 3.8) is 0 Å². The highest BCUT2D eigenvalue weighted by Gasteiger charge is 2.43. The Bertz CT molecular complexity index is 920. The molecule has 1 atom stereocenters. The van der Waals surface area contributed by atoms with Gasteiger partial charge in [-0.1, -0.05) is 11.6 Å². The molecular formula is C16H18ClN3O5S3. The maximum atomic E-state index is 13.3. The molecule has 0 bridgehead atoms. The van der Waals surface area contributed by atoms with Crippen LogP contribution in [0.2, 0.25) is 5.02 Å². The lowest BCUT2D eigenvalue weighted by molar-refractivity contribution is -0.133. The van der Waals surface area contributed by atoms with E-state index in [4.69, 9.17) is 16.3 Å². The van der Waals surface area contributed by atoms with E-state index in [1.165, 1.54) is 28.2 Å². The highest BCUT2D eigenvalue weighted by Crippen LogP contribution is 2.39. The first kappa shape index (κ1) is 20.1. The number of benzene rings is 1. The Morgan fingerprint density at radius 3 is 2.75 bits per heavy atom. The summed E-state index contributed by atoms with van der Waals surface area (Å²) in [5.74, 6) is 2.07. The number of carbonyl (C=O) groups is 2. The molecule has 28 heavy (non-hydrogen) atoms. The predicted octanol–water partition coefficient (Wildman–Crippen LogP) is 1.31. The Hall–Kier alpha value is -1.14. The summed E-state index contributed by atoms with van der Waals surface area (Å²) in [6, 6.07) is 1.93. The van der Waals surface area contributed by atoms with Crippen LogP contribution in [0.3, 0.4) is 0 Å². The standard InChI is InChI=1S/C16H18ClN3O5S3/c17-10-5-11-13(25-7-15(21)18-11)6-14(10)28(23,24)20-9-27-8-12(20)16(22)19-1-3-26-4-2-19/h5-6,12H,1-4,7-9H2,(H,18,21)/t12-/m0/s1. The second-order valence-electron chi connectivity index (χ2n) is 6.46. The monoisotopic (exact) mass is 463 g/mol. The fourth-order valence-electron chi connectivity index (χ4n) is 3.26. The maximum absolute atomic E-state index is 13.3. The van der Waals surface area contributed by atoms with Crippen LogP contribution in [-0.4, -0.2) is 78.3 Å². The average molecular weight is 464 g/mol. The van der Waals surface area contributed by atoms with Crippen LogP contribution in [0, 0.1) is 0 Å². The van der Waals surface area contributed by atoms with E-state index in [9.17, 15) is 18.0 Å². The van der Waals surface area contributed by atoms with E-state index < -0.39 is 16.1 Å². The molecule has 0 aromatic heterocycles. The number of ether oxygens (including phenoxy) is 1. The Morgan fingerprint density at radius 2 is 2.00 bits per heavy atom. The van der Waals surface area contributed by atoms with Gasteiger partial charge >= 0.3 is 0 Å². The SMILES string of the molecule is O=C1COc2cc(S(=O)(=O)N3CSC[C@H]3C(=O)N3CCSCC3)c(Cl)cc2N1. The number of fused-ring (bicyclic) bond motifs is 1. The zero-order valence-electron chi connectivity index (χ0n) is 14.7. The molecule has 0 aliphatic carbocycles. The fourth-order valence-corrected chi connectivity index (χ4v) is 7.82. The number of hydrogen-bond acceptors (Lipinski definition) is 7. The number of carbonyl (C=O) groups excluding carboxylic acids is 2.